The van der Waals surface area contributed by atoms with E-state index in [0.717, 1.165) is 10.0 Å². The molecule has 0 aromatic heterocycles. The lowest BCUT2D eigenvalue weighted by atomic mass is 10.0. The number of amides is 1. The topological polar surface area (TPSA) is 55.4 Å². The number of anilines is 1. The van der Waals surface area contributed by atoms with Gasteiger partial charge in [0, 0.05) is 28.2 Å². The summed E-state index contributed by atoms with van der Waals surface area (Å²) < 4.78 is 5.83. The van der Waals surface area contributed by atoms with Crippen LogP contribution < -0.4 is 5.32 Å². The first-order valence-electron chi connectivity index (χ1n) is 7.70. The van der Waals surface area contributed by atoms with Gasteiger partial charge in [0.1, 0.15) is 6.61 Å². The van der Waals surface area contributed by atoms with Crippen LogP contribution in [0.15, 0.2) is 46.9 Å². The summed E-state index contributed by atoms with van der Waals surface area (Å²) in [5.74, 6) is -0.151. The van der Waals surface area contributed by atoms with Gasteiger partial charge in [0.15, 0.2) is 0 Å². The van der Waals surface area contributed by atoms with Crippen molar-refractivity contribution in [3.05, 3.63) is 63.6 Å². The molecular weight excluding hydrogens is 370 g/mol. The van der Waals surface area contributed by atoms with E-state index in [9.17, 15) is 9.59 Å². The molecule has 4 nitrogen and oxygen atoms in total. The van der Waals surface area contributed by atoms with Crippen molar-refractivity contribution < 1.29 is 14.3 Å². The van der Waals surface area contributed by atoms with Crippen molar-refractivity contribution in [2.24, 2.45) is 0 Å². The summed E-state index contributed by atoms with van der Waals surface area (Å²) in [6.07, 6.45) is 0. The Labute approximate surface area is 150 Å². The molecule has 0 atom stereocenters. The largest absolute Gasteiger partial charge is 0.461 e. The van der Waals surface area contributed by atoms with Gasteiger partial charge in [-0.05, 0) is 35.7 Å². The second-order valence-electron chi connectivity index (χ2n) is 5.78. The lowest BCUT2D eigenvalue weighted by Crippen LogP contribution is -2.14. The van der Waals surface area contributed by atoms with Crippen molar-refractivity contribution in [2.75, 3.05) is 5.32 Å². The van der Waals surface area contributed by atoms with Crippen LogP contribution in [0.1, 0.15) is 48.2 Å². The van der Waals surface area contributed by atoms with Gasteiger partial charge in [-0.1, -0.05) is 48.0 Å². The molecule has 2 rings (SSSR count). The van der Waals surface area contributed by atoms with Crippen molar-refractivity contribution in [2.45, 2.75) is 33.3 Å². The summed E-state index contributed by atoms with van der Waals surface area (Å²) in [4.78, 5) is 23.5. The minimum atomic E-state index is -0.368. The van der Waals surface area contributed by atoms with Crippen LogP contribution in [0.5, 0.6) is 0 Å². The number of carbonyl (C=O) groups is 2. The molecule has 1 amide bonds. The second-order valence-corrected chi connectivity index (χ2v) is 6.63. The SMILES string of the molecule is CC(=O)OCc1c(Br)cccc1NC(=O)c1ccc(C(C)C)cc1. The van der Waals surface area contributed by atoms with Crippen LogP contribution >= 0.6 is 15.9 Å². The molecule has 0 aliphatic heterocycles. The molecule has 0 saturated heterocycles. The highest BCUT2D eigenvalue weighted by molar-refractivity contribution is 9.10. The lowest BCUT2D eigenvalue weighted by molar-refractivity contribution is -0.142. The number of carbonyl (C=O) groups excluding carboxylic acids is 2. The van der Waals surface area contributed by atoms with Crippen molar-refractivity contribution in [3.8, 4) is 0 Å². The molecule has 126 valence electrons. The van der Waals surface area contributed by atoms with Crippen LogP contribution in [0.25, 0.3) is 0 Å². The molecule has 0 radical (unpaired) electrons. The maximum Gasteiger partial charge on any atom is 0.302 e. The molecule has 0 bridgehead atoms. The smallest absolute Gasteiger partial charge is 0.302 e. The van der Waals surface area contributed by atoms with Crippen LogP contribution in [-0.4, -0.2) is 11.9 Å². The van der Waals surface area contributed by atoms with Crippen molar-refractivity contribution in [3.63, 3.8) is 0 Å². The van der Waals surface area contributed by atoms with E-state index in [4.69, 9.17) is 4.74 Å². The van der Waals surface area contributed by atoms with Gasteiger partial charge in [-0.2, -0.15) is 0 Å². The second kappa shape index (κ2) is 8.11. The minimum Gasteiger partial charge on any atom is -0.461 e. The van der Waals surface area contributed by atoms with Gasteiger partial charge in [-0.3, -0.25) is 9.59 Å². The van der Waals surface area contributed by atoms with Gasteiger partial charge < -0.3 is 10.1 Å². The van der Waals surface area contributed by atoms with Crippen molar-refractivity contribution in [1.29, 1.82) is 0 Å². The fraction of sp³-hybridized carbons (Fsp3) is 0.263. The number of nitrogens with one attached hydrogen (secondary N) is 1. The standard InChI is InChI=1S/C19H20BrNO3/c1-12(2)14-7-9-15(10-8-14)19(23)21-18-6-4-5-17(20)16(18)11-24-13(3)22/h4-10,12H,11H2,1-3H3,(H,21,23). The zero-order chi connectivity index (χ0) is 17.7. The molecule has 0 heterocycles. The molecule has 0 spiro atoms. The summed E-state index contributed by atoms with van der Waals surface area (Å²) in [6.45, 7) is 5.67. The number of benzene rings is 2. The van der Waals surface area contributed by atoms with E-state index in [1.54, 1.807) is 6.07 Å². The van der Waals surface area contributed by atoms with E-state index in [2.05, 4.69) is 35.1 Å². The highest BCUT2D eigenvalue weighted by Crippen LogP contribution is 2.26. The molecule has 24 heavy (non-hydrogen) atoms. The van der Waals surface area contributed by atoms with E-state index in [0.29, 0.717) is 17.2 Å². The fourth-order valence-corrected chi connectivity index (χ4v) is 2.69. The highest BCUT2D eigenvalue weighted by Gasteiger charge is 2.13. The molecular formula is C19H20BrNO3. The van der Waals surface area contributed by atoms with Gasteiger partial charge in [0.2, 0.25) is 0 Å². The van der Waals surface area contributed by atoms with E-state index in [1.165, 1.54) is 12.5 Å². The fourth-order valence-electron chi connectivity index (χ4n) is 2.21. The molecule has 5 heteroatoms. The molecule has 1 N–H and O–H groups in total. The first kappa shape index (κ1) is 18.2. The van der Waals surface area contributed by atoms with E-state index < -0.39 is 0 Å². The number of halogens is 1. The molecule has 2 aromatic rings. The van der Waals surface area contributed by atoms with Gasteiger partial charge in [-0.15, -0.1) is 0 Å². The zero-order valence-electron chi connectivity index (χ0n) is 13.9. The predicted molar refractivity (Wildman–Crippen MR) is 98.1 cm³/mol. The average molecular weight is 390 g/mol. The Hall–Kier alpha value is -2.14. The predicted octanol–water partition coefficient (Wildman–Crippen LogP) is 4.89. The Balaban J connectivity index is 2.19. The number of hydrogen-bond acceptors (Lipinski definition) is 3. The zero-order valence-corrected chi connectivity index (χ0v) is 15.5. The lowest BCUT2D eigenvalue weighted by Gasteiger charge is -2.13. The summed E-state index contributed by atoms with van der Waals surface area (Å²) in [7, 11) is 0. The quantitative estimate of drug-likeness (QED) is 0.740. The molecule has 2 aromatic carbocycles. The first-order valence-corrected chi connectivity index (χ1v) is 8.50. The average Bonchev–Trinajstić information content (AvgIpc) is 2.54. The van der Waals surface area contributed by atoms with E-state index in [1.807, 2.05) is 36.4 Å². The number of rotatable bonds is 5. The molecule has 0 aliphatic carbocycles. The van der Waals surface area contributed by atoms with E-state index >= 15 is 0 Å². The van der Waals surface area contributed by atoms with Gasteiger partial charge in [0.05, 0.1) is 0 Å². The Morgan fingerprint density at radius 2 is 1.79 bits per heavy atom. The summed E-state index contributed by atoms with van der Waals surface area (Å²) in [6, 6.07) is 13.0. The molecule has 0 fully saturated rings. The molecule has 0 aliphatic rings. The van der Waals surface area contributed by atoms with Crippen molar-refractivity contribution >= 4 is 33.5 Å². The van der Waals surface area contributed by atoms with Crippen LogP contribution in [0, 0.1) is 0 Å². The Morgan fingerprint density at radius 3 is 2.38 bits per heavy atom. The third kappa shape index (κ3) is 4.68. The van der Waals surface area contributed by atoms with Gasteiger partial charge >= 0.3 is 5.97 Å². The maximum absolute atomic E-state index is 12.5. The minimum absolute atomic E-state index is 0.0959. The number of esters is 1. The molecule has 0 unspecified atom stereocenters. The Morgan fingerprint density at radius 1 is 1.12 bits per heavy atom. The van der Waals surface area contributed by atoms with Crippen LogP contribution in [0.3, 0.4) is 0 Å². The van der Waals surface area contributed by atoms with Crippen molar-refractivity contribution in [1.82, 2.24) is 0 Å². The Bertz CT molecular complexity index is 739. The highest BCUT2D eigenvalue weighted by atomic mass is 79.9. The maximum atomic E-state index is 12.5. The van der Waals surface area contributed by atoms with Crippen LogP contribution in [0.4, 0.5) is 5.69 Å². The summed E-state index contributed by atoms with van der Waals surface area (Å²) in [5.41, 5.74) is 3.10. The first-order chi connectivity index (χ1) is 11.4. The monoisotopic (exact) mass is 389 g/mol. The summed E-state index contributed by atoms with van der Waals surface area (Å²) >= 11 is 3.43. The third-order valence-electron chi connectivity index (χ3n) is 3.63. The van der Waals surface area contributed by atoms with Crippen LogP contribution in [-0.2, 0) is 16.1 Å². The third-order valence-corrected chi connectivity index (χ3v) is 4.37. The number of ether oxygens (including phenoxy) is 1. The Kier molecular flexibility index (Phi) is 6.15. The van der Waals surface area contributed by atoms with E-state index in [-0.39, 0.29) is 18.5 Å². The van der Waals surface area contributed by atoms with Gasteiger partial charge in [0.25, 0.3) is 5.91 Å². The number of hydrogen-bond donors (Lipinski definition) is 1. The summed E-state index contributed by atoms with van der Waals surface area (Å²) in [5, 5.41) is 2.88. The van der Waals surface area contributed by atoms with Gasteiger partial charge in [-0.25, -0.2) is 0 Å². The van der Waals surface area contributed by atoms with Crippen LogP contribution in [0.2, 0.25) is 0 Å². The molecule has 0 saturated carbocycles. The normalized spacial score (nSPS) is 10.5.